The molecule has 0 radical (unpaired) electrons. The number of nitrogens with one attached hydrogen (secondary N) is 2. The van der Waals surface area contributed by atoms with Gasteiger partial charge in [-0.3, -0.25) is 9.89 Å². The molecule has 0 saturated carbocycles. The van der Waals surface area contributed by atoms with E-state index in [1.54, 1.807) is 0 Å². The van der Waals surface area contributed by atoms with Gasteiger partial charge >= 0.3 is 6.18 Å². The van der Waals surface area contributed by atoms with Crippen LogP contribution in [-0.2, 0) is 21.0 Å². The first-order valence-corrected chi connectivity index (χ1v) is 10.5. The van der Waals surface area contributed by atoms with Crippen molar-refractivity contribution >= 4 is 15.9 Å². The van der Waals surface area contributed by atoms with Crippen molar-refractivity contribution in [2.24, 2.45) is 5.41 Å². The molecular formula is C17H19F3N4O4S. The molecule has 0 bridgehead atoms. The molecule has 2 fully saturated rings. The summed E-state index contributed by atoms with van der Waals surface area (Å²) in [4.78, 5) is 11.4. The zero-order valence-corrected chi connectivity index (χ0v) is 16.1. The lowest BCUT2D eigenvalue weighted by Gasteiger charge is -2.43. The fraction of sp³-hybridized carbons (Fsp3) is 0.529. The molecule has 0 atom stereocenters. The van der Waals surface area contributed by atoms with E-state index in [0.717, 1.165) is 12.5 Å². The molecule has 12 heteroatoms. The highest BCUT2D eigenvalue weighted by atomic mass is 32.2. The Bertz CT molecular complexity index is 1010. The first kappa shape index (κ1) is 20.0. The predicted molar refractivity (Wildman–Crippen MR) is 94.0 cm³/mol. The normalized spacial score (nSPS) is 20.7. The monoisotopic (exact) mass is 432 g/mol. The van der Waals surface area contributed by atoms with Gasteiger partial charge in [0, 0.05) is 26.1 Å². The van der Waals surface area contributed by atoms with Gasteiger partial charge in [-0.1, -0.05) is 0 Å². The largest absolute Gasteiger partial charge is 0.442 e. The van der Waals surface area contributed by atoms with E-state index < -0.39 is 21.9 Å². The minimum Gasteiger partial charge on any atom is -0.442 e. The number of H-pyrrole nitrogens is 1. The van der Waals surface area contributed by atoms with Gasteiger partial charge in [0.25, 0.3) is 10.0 Å². The Morgan fingerprint density at radius 3 is 2.48 bits per heavy atom. The van der Waals surface area contributed by atoms with Gasteiger partial charge in [-0.25, -0.2) is 8.42 Å². The lowest BCUT2D eigenvalue weighted by molar-refractivity contribution is -0.141. The van der Waals surface area contributed by atoms with Crippen molar-refractivity contribution in [3.05, 3.63) is 23.9 Å². The molecule has 29 heavy (non-hydrogen) atoms. The number of carbonyl (C=O) groups is 1. The average molecular weight is 432 g/mol. The maximum atomic E-state index is 12.9. The summed E-state index contributed by atoms with van der Waals surface area (Å²) in [6.07, 6.45) is -2.17. The number of halogens is 3. The van der Waals surface area contributed by atoms with Gasteiger partial charge in [-0.15, -0.1) is 0 Å². The topological polar surface area (TPSA) is 108 Å². The molecule has 2 aromatic heterocycles. The summed E-state index contributed by atoms with van der Waals surface area (Å²) in [5, 5.41) is 7.92. The third-order valence-corrected chi connectivity index (χ3v) is 7.41. The van der Waals surface area contributed by atoms with E-state index in [1.165, 1.54) is 16.4 Å². The summed E-state index contributed by atoms with van der Waals surface area (Å²) in [5.74, 6) is -0.0559. The van der Waals surface area contributed by atoms with Gasteiger partial charge in [-0.2, -0.15) is 22.6 Å². The number of aromatic amines is 1. The number of furan rings is 1. The van der Waals surface area contributed by atoms with Gasteiger partial charge in [0.05, 0.1) is 0 Å². The SMILES string of the molecule is O=C1CCC2(CCN(S(=O)(=O)c3ccc(-c4cc(C(F)(F)F)[nH]n4)o3)CC2)CN1. The van der Waals surface area contributed by atoms with Crippen LogP contribution in [0.5, 0.6) is 0 Å². The summed E-state index contributed by atoms with van der Waals surface area (Å²) >= 11 is 0. The van der Waals surface area contributed by atoms with E-state index in [-0.39, 0.29) is 41.0 Å². The Labute approximate surface area is 164 Å². The molecule has 8 nitrogen and oxygen atoms in total. The lowest BCUT2D eigenvalue weighted by atomic mass is 9.73. The Morgan fingerprint density at radius 1 is 1.17 bits per heavy atom. The molecule has 0 aliphatic carbocycles. The number of alkyl halides is 3. The van der Waals surface area contributed by atoms with E-state index in [2.05, 4.69) is 10.4 Å². The molecule has 1 amide bonds. The standard InChI is InChI=1S/C17H19F3N4O4S/c18-17(19,20)13-9-11(22-23-13)12-1-2-15(28-12)29(26,27)24-7-5-16(6-8-24)4-3-14(25)21-10-16/h1-2,9H,3-8,10H2,(H,21,25)(H,22,23). The minimum absolute atomic E-state index is 0.0147. The van der Waals surface area contributed by atoms with Crippen LogP contribution in [0.15, 0.2) is 27.7 Å². The Kier molecular flexibility index (Phi) is 4.73. The quantitative estimate of drug-likeness (QED) is 0.774. The van der Waals surface area contributed by atoms with E-state index >= 15 is 0 Å². The van der Waals surface area contributed by atoms with Crippen LogP contribution in [-0.4, -0.2) is 48.5 Å². The van der Waals surface area contributed by atoms with Gasteiger partial charge in [0.15, 0.2) is 5.76 Å². The molecule has 2 aliphatic heterocycles. The second-order valence-electron chi connectivity index (χ2n) is 7.46. The first-order valence-electron chi connectivity index (χ1n) is 9.09. The van der Waals surface area contributed by atoms with Crippen LogP contribution < -0.4 is 5.32 Å². The third kappa shape index (κ3) is 3.78. The molecule has 1 spiro atoms. The van der Waals surface area contributed by atoms with E-state index in [0.29, 0.717) is 25.8 Å². The van der Waals surface area contributed by atoms with Crippen LogP contribution in [0.2, 0.25) is 0 Å². The number of sulfonamides is 1. The van der Waals surface area contributed by atoms with Gasteiger partial charge in [0.2, 0.25) is 11.0 Å². The van der Waals surface area contributed by atoms with Crippen LogP contribution in [0.4, 0.5) is 13.2 Å². The summed E-state index contributed by atoms with van der Waals surface area (Å²) < 4.78 is 70.5. The molecule has 2 aromatic rings. The Balaban J connectivity index is 1.48. The van der Waals surface area contributed by atoms with Gasteiger partial charge in [-0.05, 0) is 42.9 Å². The second-order valence-corrected chi connectivity index (χ2v) is 9.33. The van der Waals surface area contributed by atoms with Crippen molar-refractivity contribution in [1.29, 1.82) is 0 Å². The highest BCUT2D eigenvalue weighted by Crippen LogP contribution is 2.39. The molecule has 2 saturated heterocycles. The van der Waals surface area contributed by atoms with Crippen LogP contribution in [0.1, 0.15) is 31.4 Å². The van der Waals surface area contributed by atoms with Crippen LogP contribution in [0.25, 0.3) is 11.5 Å². The first-order chi connectivity index (χ1) is 13.6. The number of rotatable bonds is 3. The lowest BCUT2D eigenvalue weighted by Crippen LogP contribution is -2.50. The molecular weight excluding hydrogens is 413 g/mol. The zero-order valence-electron chi connectivity index (χ0n) is 15.3. The molecule has 2 N–H and O–H groups in total. The van der Waals surface area contributed by atoms with E-state index in [1.807, 2.05) is 5.10 Å². The maximum absolute atomic E-state index is 12.9. The second kappa shape index (κ2) is 6.87. The van der Waals surface area contributed by atoms with Crippen molar-refractivity contribution in [2.75, 3.05) is 19.6 Å². The fourth-order valence-corrected chi connectivity index (χ4v) is 5.14. The number of nitrogens with zero attached hydrogens (tertiary/aromatic N) is 2. The minimum atomic E-state index is -4.59. The molecule has 4 heterocycles. The smallest absolute Gasteiger partial charge is 0.432 e. The summed E-state index contributed by atoms with van der Waals surface area (Å²) in [5.41, 5.74) is -1.26. The fourth-order valence-electron chi connectivity index (χ4n) is 3.79. The highest BCUT2D eigenvalue weighted by molar-refractivity contribution is 7.89. The third-order valence-electron chi connectivity index (χ3n) is 5.64. The zero-order chi connectivity index (χ0) is 20.9. The molecule has 2 aliphatic rings. The number of hydrogen-bond acceptors (Lipinski definition) is 5. The summed E-state index contributed by atoms with van der Waals surface area (Å²) in [7, 11) is -3.92. The van der Waals surface area contributed by atoms with Crippen molar-refractivity contribution < 1.29 is 30.8 Å². The Hall–Kier alpha value is -2.34. The Morgan fingerprint density at radius 2 is 1.90 bits per heavy atom. The van der Waals surface area contributed by atoms with Gasteiger partial charge in [0.1, 0.15) is 11.4 Å². The molecule has 0 unspecified atom stereocenters. The number of piperidine rings is 2. The maximum Gasteiger partial charge on any atom is 0.432 e. The van der Waals surface area contributed by atoms with E-state index in [4.69, 9.17) is 4.42 Å². The summed E-state index contributed by atoms with van der Waals surface area (Å²) in [6, 6.07) is 3.26. The van der Waals surface area contributed by atoms with Crippen molar-refractivity contribution in [2.45, 2.75) is 37.0 Å². The number of amides is 1. The van der Waals surface area contributed by atoms with Crippen molar-refractivity contribution in [3.63, 3.8) is 0 Å². The van der Waals surface area contributed by atoms with Crippen molar-refractivity contribution in [1.82, 2.24) is 19.8 Å². The highest BCUT2D eigenvalue weighted by Gasteiger charge is 2.41. The van der Waals surface area contributed by atoms with E-state index in [9.17, 15) is 26.4 Å². The van der Waals surface area contributed by atoms with Crippen LogP contribution in [0, 0.1) is 5.41 Å². The molecule has 158 valence electrons. The average Bonchev–Trinajstić information content (AvgIpc) is 3.34. The number of hydrogen-bond donors (Lipinski definition) is 2. The van der Waals surface area contributed by atoms with Crippen LogP contribution >= 0.6 is 0 Å². The predicted octanol–water partition coefficient (Wildman–Crippen LogP) is 2.37. The van der Waals surface area contributed by atoms with Gasteiger partial charge < -0.3 is 9.73 Å². The number of aromatic nitrogens is 2. The van der Waals surface area contributed by atoms with Crippen molar-refractivity contribution in [3.8, 4) is 11.5 Å². The molecule has 4 rings (SSSR count). The van der Waals surface area contributed by atoms with Crippen LogP contribution in [0.3, 0.4) is 0 Å². The number of carbonyl (C=O) groups excluding carboxylic acids is 1. The molecule has 0 aromatic carbocycles. The summed E-state index contributed by atoms with van der Waals surface area (Å²) in [6.45, 7) is 1.12.